The molecule has 0 spiro atoms. The van der Waals surface area contributed by atoms with Crippen LogP contribution in [-0.4, -0.2) is 45.9 Å². The molecule has 0 saturated carbocycles. The third-order valence-corrected chi connectivity index (χ3v) is 6.17. The molecule has 34 heavy (non-hydrogen) atoms. The second-order valence-corrected chi connectivity index (χ2v) is 10.9. The molecule has 0 aliphatic rings. The third kappa shape index (κ3) is 36.7. The molecule has 0 heterocycles. The average molecular weight is 537 g/mol. The van der Waals surface area contributed by atoms with Gasteiger partial charge in [0.25, 0.3) is 0 Å². The lowest BCUT2D eigenvalue weighted by Crippen LogP contribution is -2.07. The molecule has 0 aromatic carbocycles. The van der Waals surface area contributed by atoms with Gasteiger partial charge >= 0.3 is 15.6 Å². The van der Waals surface area contributed by atoms with Gasteiger partial charge in [0.1, 0.15) is 0 Å². The van der Waals surface area contributed by atoms with E-state index in [4.69, 9.17) is 31.0 Å². The van der Waals surface area contributed by atoms with Crippen LogP contribution >= 0.6 is 15.6 Å². The molecular formula is C22H54N2O8P2. The van der Waals surface area contributed by atoms with Crippen LogP contribution < -0.4 is 11.5 Å². The smallest absolute Gasteiger partial charge is 0.330 e. The van der Waals surface area contributed by atoms with E-state index < -0.39 is 15.6 Å². The number of hydrogen-bond donors (Lipinski definition) is 6. The maximum absolute atomic E-state index is 10.4. The Kier molecular flexibility index (Phi) is 29.8. The minimum absolute atomic E-state index is 0.167. The summed E-state index contributed by atoms with van der Waals surface area (Å²) in [5.41, 5.74) is 10.6. The maximum atomic E-state index is 10.4. The van der Waals surface area contributed by atoms with Gasteiger partial charge in [0.15, 0.2) is 0 Å². The fourth-order valence-electron chi connectivity index (χ4n) is 2.84. The van der Waals surface area contributed by atoms with Crippen LogP contribution in [0.3, 0.4) is 0 Å². The molecule has 0 aromatic heterocycles. The molecule has 2 unspecified atom stereocenters. The van der Waals surface area contributed by atoms with Gasteiger partial charge in [-0.3, -0.25) is 9.05 Å². The van der Waals surface area contributed by atoms with Gasteiger partial charge in [-0.2, -0.15) is 0 Å². The zero-order valence-corrected chi connectivity index (χ0v) is 23.7. The Morgan fingerprint density at radius 2 is 0.941 bits per heavy atom. The third-order valence-electron chi connectivity index (χ3n) is 5.20. The monoisotopic (exact) mass is 536 g/mol. The van der Waals surface area contributed by atoms with Crippen molar-refractivity contribution in [2.75, 3.05) is 26.3 Å². The minimum atomic E-state index is -4.26. The standard InChI is InChI=1S/2C8H19O4P.C6H16N2/c2*1-3-5-6-8(4-2)7-12-13(9,10)11;7-5-3-1-2-4-6-8/h2*8H,3-7H2,1-2H3,(H2,9,10,11);1-8H2. The van der Waals surface area contributed by atoms with E-state index in [1.54, 1.807) is 0 Å². The van der Waals surface area contributed by atoms with E-state index in [0.29, 0.717) is 0 Å². The number of unbranched alkanes of at least 4 members (excludes halogenated alkanes) is 5. The normalized spacial score (nSPS) is 13.4. The molecular weight excluding hydrogens is 482 g/mol. The largest absolute Gasteiger partial charge is 0.469 e. The van der Waals surface area contributed by atoms with E-state index in [1.165, 1.54) is 12.8 Å². The Hall–Kier alpha value is 0.140. The van der Waals surface area contributed by atoms with Gasteiger partial charge in [0.2, 0.25) is 0 Å². The van der Waals surface area contributed by atoms with E-state index >= 15 is 0 Å². The summed E-state index contributed by atoms with van der Waals surface area (Å²) in [6.07, 6.45) is 12.9. The van der Waals surface area contributed by atoms with E-state index in [-0.39, 0.29) is 25.0 Å². The van der Waals surface area contributed by atoms with Crippen LogP contribution in [0.2, 0.25) is 0 Å². The second-order valence-electron chi connectivity index (χ2n) is 8.40. The van der Waals surface area contributed by atoms with Crippen molar-refractivity contribution in [3.8, 4) is 0 Å². The summed E-state index contributed by atoms with van der Waals surface area (Å²) in [5.74, 6) is 0.542. The van der Waals surface area contributed by atoms with Crippen molar-refractivity contribution in [2.45, 2.75) is 105 Å². The van der Waals surface area contributed by atoms with E-state index in [9.17, 15) is 9.13 Å². The molecule has 12 heteroatoms. The number of nitrogens with two attached hydrogens (primary N) is 2. The molecule has 0 aromatic rings. The molecule has 2 atom stereocenters. The molecule has 0 saturated heterocycles. The van der Waals surface area contributed by atoms with Crippen molar-refractivity contribution in [3.63, 3.8) is 0 Å². The zero-order valence-electron chi connectivity index (χ0n) is 21.9. The van der Waals surface area contributed by atoms with Crippen molar-refractivity contribution in [1.29, 1.82) is 0 Å². The minimum Gasteiger partial charge on any atom is -0.330 e. The summed E-state index contributed by atoms with van der Waals surface area (Å²) in [7, 11) is -8.53. The van der Waals surface area contributed by atoms with Crippen LogP contribution in [0.25, 0.3) is 0 Å². The lowest BCUT2D eigenvalue weighted by atomic mass is 10.0. The molecule has 0 radical (unpaired) electrons. The number of hydrogen-bond acceptors (Lipinski definition) is 6. The van der Waals surface area contributed by atoms with Gasteiger partial charge in [0.05, 0.1) is 13.2 Å². The SMILES string of the molecule is CCCCC(CC)COP(=O)(O)O.CCCCC(CC)COP(=O)(O)O.NCCCCCCN. The fourth-order valence-corrected chi connectivity index (χ4v) is 3.65. The highest BCUT2D eigenvalue weighted by Gasteiger charge is 2.17. The second kappa shape index (κ2) is 26.2. The molecule has 10 nitrogen and oxygen atoms in total. The summed E-state index contributed by atoms with van der Waals surface area (Å²) in [5, 5.41) is 0. The van der Waals surface area contributed by atoms with Crippen molar-refractivity contribution in [3.05, 3.63) is 0 Å². The molecule has 0 amide bonds. The van der Waals surface area contributed by atoms with Gasteiger partial charge in [-0.25, -0.2) is 9.13 Å². The Balaban J connectivity index is -0.000000438. The molecule has 0 rings (SSSR count). The lowest BCUT2D eigenvalue weighted by molar-refractivity contribution is 0.160. The van der Waals surface area contributed by atoms with Crippen LogP contribution in [0.5, 0.6) is 0 Å². The van der Waals surface area contributed by atoms with E-state index in [2.05, 4.69) is 22.9 Å². The van der Waals surface area contributed by atoms with Crippen molar-refractivity contribution < 1.29 is 37.8 Å². The quantitative estimate of drug-likeness (QED) is 0.0959. The van der Waals surface area contributed by atoms with Crippen LogP contribution in [0.1, 0.15) is 105 Å². The predicted molar refractivity (Wildman–Crippen MR) is 139 cm³/mol. The molecule has 210 valence electrons. The molecule has 8 N–H and O–H groups in total. The highest BCUT2D eigenvalue weighted by molar-refractivity contribution is 7.46. The maximum Gasteiger partial charge on any atom is 0.469 e. The number of phosphoric ester groups is 2. The Morgan fingerprint density at radius 1 is 0.618 bits per heavy atom. The first-order valence-corrected chi connectivity index (χ1v) is 15.8. The van der Waals surface area contributed by atoms with Gasteiger partial charge in [-0.15, -0.1) is 0 Å². The highest BCUT2D eigenvalue weighted by atomic mass is 31.2. The highest BCUT2D eigenvalue weighted by Crippen LogP contribution is 2.37. The van der Waals surface area contributed by atoms with Crippen LogP contribution in [0.15, 0.2) is 0 Å². The van der Waals surface area contributed by atoms with Crippen molar-refractivity contribution >= 4 is 15.6 Å². The fraction of sp³-hybridized carbons (Fsp3) is 1.00. The number of rotatable bonds is 19. The average Bonchev–Trinajstić information content (AvgIpc) is 2.77. The first-order valence-electron chi connectivity index (χ1n) is 12.7. The Labute approximate surface area is 208 Å². The summed E-state index contributed by atoms with van der Waals surface area (Å²) in [6, 6.07) is 0. The number of phosphoric acid groups is 2. The van der Waals surface area contributed by atoms with Crippen LogP contribution in [0, 0.1) is 11.8 Å². The Bertz CT molecular complexity index is 459. The van der Waals surface area contributed by atoms with E-state index in [1.807, 2.05) is 13.8 Å². The summed E-state index contributed by atoms with van der Waals surface area (Å²) in [6.45, 7) is 10.2. The van der Waals surface area contributed by atoms with Gasteiger partial charge in [0, 0.05) is 0 Å². The topological polar surface area (TPSA) is 186 Å². The van der Waals surface area contributed by atoms with Gasteiger partial charge < -0.3 is 31.0 Å². The van der Waals surface area contributed by atoms with Crippen molar-refractivity contribution in [1.82, 2.24) is 0 Å². The summed E-state index contributed by atoms with van der Waals surface area (Å²) in [4.78, 5) is 33.9. The Morgan fingerprint density at radius 3 is 1.15 bits per heavy atom. The molecule has 0 aliphatic carbocycles. The molecule has 0 fully saturated rings. The molecule has 0 bridgehead atoms. The van der Waals surface area contributed by atoms with Crippen LogP contribution in [-0.2, 0) is 18.2 Å². The van der Waals surface area contributed by atoms with E-state index in [0.717, 1.165) is 77.3 Å². The van der Waals surface area contributed by atoms with Crippen LogP contribution in [0.4, 0.5) is 0 Å². The van der Waals surface area contributed by atoms with Gasteiger partial charge in [-0.1, -0.05) is 79.1 Å². The first kappa shape index (κ1) is 38.7. The van der Waals surface area contributed by atoms with Gasteiger partial charge in [-0.05, 0) is 50.6 Å². The lowest BCUT2D eigenvalue weighted by Gasteiger charge is -2.14. The summed E-state index contributed by atoms with van der Waals surface area (Å²) >= 11 is 0. The zero-order chi connectivity index (χ0) is 26.9. The predicted octanol–water partition coefficient (Wildman–Crippen LogP) is 5.09. The first-order chi connectivity index (χ1) is 15.9. The van der Waals surface area contributed by atoms with Crippen molar-refractivity contribution in [2.24, 2.45) is 23.3 Å². The summed E-state index contributed by atoms with van der Waals surface area (Å²) < 4.78 is 29.7. The molecule has 0 aliphatic heterocycles.